The van der Waals surface area contributed by atoms with Gasteiger partial charge >= 0.3 is 0 Å². The minimum absolute atomic E-state index is 0.0332. The molecule has 1 aliphatic heterocycles. The number of hydrogen-bond acceptors (Lipinski definition) is 12. The van der Waals surface area contributed by atoms with Crippen LogP contribution < -0.4 is 21.3 Å². The van der Waals surface area contributed by atoms with Crippen molar-refractivity contribution in [3.63, 3.8) is 0 Å². The molecule has 1 heterocycles. The van der Waals surface area contributed by atoms with E-state index in [2.05, 4.69) is 21.3 Å². The number of hydrogen-bond donors (Lipinski definition) is 5. The zero-order valence-electron chi connectivity index (χ0n) is 55.6. The SMILES string of the molecule is CCC[C@@H](C)[C@@H](O)[C@H]1C(=O)N[C@@H](CC)C(=O)N(C)CC(=O)N(C)[C@@H](CC(C)C)C(=O)N[C@@H](C(C)C)C(=O)N(C)[C@@H](CC(C)C)C(=O)N[C@@H](C)C(=O)N[C@H](C)C(=O)N(C)[C@@H](CC(C)C)C(=O)N(C)[C@@H](CC(C)C)C(=O)N(C)[C@@H](C(C)C)C(=O)N1C. The fraction of sp³-hybridized carbons (Fsp3) is 0.820. The highest BCUT2D eigenvalue weighted by molar-refractivity contribution is 5.99. The second kappa shape index (κ2) is 34.3. The Hall–Kier alpha value is -5.87. The number of nitrogens with one attached hydrogen (secondary N) is 4. The van der Waals surface area contributed by atoms with Crippen LogP contribution in [0.1, 0.15) is 163 Å². The Balaban J connectivity index is 4.30. The van der Waals surface area contributed by atoms with Crippen LogP contribution in [-0.2, 0) is 52.7 Å². The Morgan fingerprint density at radius 2 is 0.833 bits per heavy atom. The van der Waals surface area contributed by atoms with Crippen molar-refractivity contribution < 1.29 is 57.8 Å². The molecule has 0 spiro atoms. The Bertz CT molecular complexity index is 2260. The molecule has 482 valence electrons. The fourth-order valence-electron chi connectivity index (χ4n) is 10.8. The molecule has 0 aliphatic carbocycles. The fourth-order valence-corrected chi connectivity index (χ4v) is 10.8. The number of nitrogens with zero attached hydrogens (tertiary/aromatic N) is 7. The average Bonchev–Trinajstić information content (AvgIpc) is 3.52. The lowest BCUT2D eigenvalue weighted by molar-refractivity contribution is -0.157. The lowest BCUT2D eigenvalue weighted by atomic mass is 9.91. The normalized spacial score (nSPS) is 27.0. The molecule has 23 heteroatoms. The van der Waals surface area contributed by atoms with Crippen LogP contribution in [0.4, 0.5) is 0 Å². The minimum atomic E-state index is -1.58. The molecule has 0 bridgehead atoms. The maximum Gasteiger partial charge on any atom is 0.246 e. The van der Waals surface area contributed by atoms with Gasteiger partial charge in [0, 0.05) is 49.3 Å². The molecule has 84 heavy (non-hydrogen) atoms. The number of aliphatic hydroxyl groups is 1. The van der Waals surface area contributed by atoms with Crippen LogP contribution >= 0.6 is 0 Å². The van der Waals surface area contributed by atoms with E-state index in [1.165, 1.54) is 87.7 Å². The topological polar surface area (TPSA) is 279 Å². The second-order valence-electron chi connectivity index (χ2n) is 26.1. The third-order valence-corrected chi connectivity index (χ3v) is 16.1. The summed E-state index contributed by atoms with van der Waals surface area (Å²) < 4.78 is 0. The Morgan fingerprint density at radius 3 is 1.27 bits per heavy atom. The molecular weight excluding hydrogens is 1080 g/mol. The average molecular weight is 1190 g/mol. The molecule has 12 atom stereocenters. The molecule has 0 unspecified atom stereocenters. The number of rotatable bonds is 15. The molecule has 1 fully saturated rings. The standard InChI is InChI=1S/C61H111N11O12/c1-25-27-39(15)51(74)50-55(78)64-42(26-2)57(80)66(18)32-47(73)67(19)43(28-33(3)4)54(77)65-48(37(11)12)60(83)68(20)44(29-34(5)6)53(76)62-40(16)52(75)63-41(17)56(79)69(21)45(30-35(7)8)58(81)70(22)46(31-36(9)10)59(82)71(23)49(38(13)14)61(84)72(50)24/h33-46,48-51,74H,25-32H2,1-24H3,(H,62,76)(H,63,75)(H,64,78)(H,65,77)/t39-,40+,41-,42+,43+,44+,45+,46+,48+,49+,50+,51-/m1/s1. The quantitative estimate of drug-likeness (QED) is 0.158. The van der Waals surface area contributed by atoms with Gasteiger partial charge in [0.25, 0.3) is 0 Å². The van der Waals surface area contributed by atoms with Gasteiger partial charge in [-0.3, -0.25) is 52.7 Å². The molecule has 0 aromatic heterocycles. The van der Waals surface area contributed by atoms with Crippen molar-refractivity contribution in [3.8, 4) is 0 Å². The van der Waals surface area contributed by atoms with Crippen LogP contribution in [0.3, 0.4) is 0 Å². The molecule has 0 radical (unpaired) electrons. The third kappa shape index (κ3) is 21.0. The summed E-state index contributed by atoms with van der Waals surface area (Å²) in [5.41, 5.74) is 0. The van der Waals surface area contributed by atoms with Crippen molar-refractivity contribution in [2.45, 2.75) is 229 Å². The van der Waals surface area contributed by atoms with Crippen LogP contribution in [0.25, 0.3) is 0 Å². The van der Waals surface area contributed by atoms with Crippen molar-refractivity contribution in [3.05, 3.63) is 0 Å². The van der Waals surface area contributed by atoms with Gasteiger partial charge < -0.3 is 60.7 Å². The molecule has 23 nitrogen and oxygen atoms in total. The molecule has 0 aromatic rings. The molecule has 1 aliphatic rings. The first-order chi connectivity index (χ1) is 38.7. The van der Waals surface area contributed by atoms with Crippen molar-refractivity contribution in [1.29, 1.82) is 0 Å². The molecular formula is C61H111N11O12. The number of aliphatic hydroxyl groups excluding tert-OH is 1. The van der Waals surface area contributed by atoms with E-state index in [1.807, 2.05) is 62.3 Å². The van der Waals surface area contributed by atoms with Gasteiger partial charge in [0.15, 0.2) is 0 Å². The van der Waals surface area contributed by atoms with Crippen LogP contribution in [0.15, 0.2) is 0 Å². The van der Waals surface area contributed by atoms with Gasteiger partial charge in [0.2, 0.25) is 65.0 Å². The van der Waals surface area contributed by atoms with E-state index in [4.69, 9.17) is 0 Å². The first-order valence-electron chi connectivity index (χ1n) is 30.5. The summed E-state index contributed by atoms with van der Waals surface area (Å²) in [5, 5.41) is 23.0. The van der Waals surface area contributed by atoms with Crippen molar-refractivity contribution in [1.82, 2.24) is 55.6 Å². The van der Waals surface area contributed by atoms with Crippen LogP contribution in [0, 0.1) is 41.4 Å². The van der Waals surface area contributed by atoms with Gasteiger partial charge in [-0.25, -0.2) is 0 Å². The smallest absolute Gasteiger partial charge is 0.246 e. The summed E-state index contributed by atoms with van der Waals surface area (Å²) >= 11 is 0. The number of amides is 11. The zero-order valence-corrected chi connectivity index (χ0v) is 55.6. The highest BCUT2D eigenvalue weighted by Gasteiger charge is 2.45. The van der Waals surface area contributed by atoms with E-state index in [1.54, 1.807) is 41.5 Å². The summed E-state index contributed by atoms with van der Waals surface area (Å²) in [7, 11) is 9.94. The van der Waals surface area contributed by atoms with E-state index in [9.17, 15) is 48.3 Å². The molecule has 1 saturated heterocycles. The summed E-state index contributed by atoms with van der Waals surface area (Å²) in [5.74, 6) is -9.52. The molecule has 0 aromatic carbocycles. The monoisotopic (exact) mass is 1190 g/mol. The van der Waals surface area contributed by atoms with Crippen molar-refractivity contribution >= 4 is 65.0 Å². The van der Waals surface area contributed by atoms with Crippen molar-refractivity contribution in [2.24, 2.45) is 41.4 Å². The van der Waals surface area contributed by atoms with Crippen LogP contribution in [0.2, 0.25) is 0 Å². The lowest BCUT2D eigenvalue weighted by Crippen LogP contribution is -2.63. The number of carbonyl (C=O) groups is 11. The van der Waals surface area contributed by atoms with E-state index in [-0.39, 0.29) is 55.8 Å². The summed E-state index contributed by atoms with van der Waals surface area (Å²) in [6, 6.07) is -12.2. The largest absolute Gasteiger partial charge is 0.390 e. The number of carbonyl (C=O) groups excluding carboxylic acids is 11. The maximum absolute atomic E-state index is 15.1. The third-order valence-electron chi connectivity index (χ3n) is 16.1. The molecule has 11 amide bonds. The zero-order chi connectivity index (χ0) is 65.3. The summed E-state index contributed by atoms with van der Waals surface area (Å²) in [6.45, 7) is 29.5. The van der Waals surface area contributed by atoms with Gasteiger partial charge in [0.05, 0.1) is 12.6 Å². The van der Waals surface area contributed by atoms with Crippen LogP contribution in [0.5, 0.6) is 0 Å². The highest BCUT2D eigenvalue weighted by Crippen LogP contribution is 2.26. The Labute approximate surface area is 503 Å². The predicted octanol–water partition coefficient (Wildman–Crippen LogP) is 3.10. The molecule has 5 N–H and O–H groups in total. The van der Waals surface area contributed by atoms with Gasteiger partial charge in [-0.1, -0.05) is 110 Å². The van der Waals surface area contributed by atoms with Gasteiger partial charge in [-0.15, -0.1) is 0 Å². The lowest BCUT2D eigenvalue weighted by Gasteiger charge is -2.41. The first kappa shape index (κ1) is 76.1. The van der Waals surface area contributed by atoms with E-state index < -0.39 is 156 Å². The first-order valence-corrected chi connectivity index (χ1v) is 30.5. The Kier molecular flexibility index (Phi) is 31.1. The number of likely N-dealkylation sites (N-methyl/N-ethyl adjacent to an activating group) is 7. The van der Waals surface area contributed by atoms with Gasteiger partial charge in [-0.2, -0.15) is 0 Å². The molecule has 1 rings (SSSR count). The second-order valence-corrected chi connectivity index (χ2v) is 26.1. The van der Waals surface area contributed by atoms with Gasteiger partial charge in [0.1, 0.15) is 60.4 Å². The summed E-state index contributed by atoms with van der Waals surface area (Å²) in [4.78, 5) is 168. The summed E-state index contributed by atoms with van der Waals surface area (Å²) in [6.07, 6.45) is 0.314. The van der Waals surface area contributed by atoms with Crippen LogP contribution in [-0.4, -0.2) is 227 Å². The van der Waals surface area contributed by atoms with Gasteiger partial charge in [-0.05, 0) is 93.8 Å². The molecule has 0 saturated carbocycles. The van der Waals surface area contributed by atoms with E-state index in [0.717, 1.165) is 9.80 Å². The Morgan fingerprint density at radius 1 is 0.429 bits per heavy atom. The van der Waals surface area contributed by atoms with Crippen molar-refractivity contribution in [2.75, 3.05) is 55.9 Å². The predicted molar refractivity (Wildman–Crippen MR) is 324 cm³/mol. The van der Waals surface area contributed by atoms with E-state index >= 15 is 9.59 Å². The maximum atomic E-state index is 15.1. The van der Waals surface area contributed by atoms with E-state index in [0.29, 0.717) is 12.8 Å². The minimum Gasteiger partial charge on any atom is -0.390 e. The highest BCUT2D eigenvalue weighted by atomic mass is 16.3.